The molecule has 2 heteroatoms. The van der Waals surface area contributed by atoms with E-state index in [0.29, 0.717) is 0 Å². The van der Waals surface area contributed by atoms with Gasteiger partial charge < -0.3 is 5.73 Å². The van der Waals surface area contributed by atoms with Crippen molar-refractivity contribution in [1.82, 2.24) is 4.90 Å². The molecule has 0 unspecified atom stereocenters. The first-order valence-electron chi connectivity index (χ1n) is 6.36. The Kier molecular flexibility index (Phi) is 2.70. The Bertz CT molecular complexity index is 375. The predicted octanol–water partition coefficient (Wildman–Crippen LogP) is 1.64. The van der Waals surface area contributed by atoms with Gasteiger partial charge in [-0.25, -0.2) is 0 Å². The lowest BCUT2D eigenvalue weighted by atomic mass is 10.00. The van der Waals surface area contributed by atoms with Crippen LogP contribution in [-0.2, 0) is 13.0 Å². The maximum absolute atomic E-state index is 5.69. The summed E-state index contributed by atoms with van der Waals surface area (Å²) in [6, 6.07) is 8.85. The van der Waals surface area contributed by atoms with E-state index < -0.39 is 0 Å². The van der Waals surface area contributed by atoms with Gasteiger partial charge in [0.15, 0.2) is 0 Å². The van der Waals surface area contributed by atoms with Crippen LogP contribution in [0.3, 0.4) is 0 Å². The fourth-order valence-electron chi connectivity index (χ4n) is 2.86. The highest BCUT2D eigenvalue weighted by atomic mass is 15.1. The van der Waals surface area contributed by atoms with Gasteiger partial charge in [-0.2, -0.15) is 0 Å². The lowest BCUT2D eigenvalue weighted by Gasteiger charge is -2.28. The van der Waals surface area contributed by atoms with Crippen LogP contribution in [0.15, 0.2) is 24.3 Å². The standard InChI is InChI=1S/C14H20N2/c15-8-13-7-14(13)10-16-6-5-11-3-1-2-4-12(11)9-16/h1-4,13-14H,5-10,15H2/t13-,14-/m0/s1. The molecule has 86 valence electrons. The van der Waals surface area contributed by atoms with Gasteiger partial charge in [0.1, 0.15) is 0 Å². The maximum atomic E-state index is 5.69. The zero-order chi connectivity index (χ0) is 11.0. The van der Waals surface area contributed by atoms with E-state index in [0.717, 1.165) is 24.9 Å². The van der Waals surface area contributed by atoms with Crippen molar-refractivity contribution < 1.29 is 0 Å². The molecule has 16 heavy (non-hydrogen) atoms. The summed E-state index contributed by atoms with van der Waals surface area (Å²) in [6.45, 7) is 4.51. The van der Waals surface area contributed by atoms with E-state index in [4.69, 9.17) is 5.73 Å². The normalized spacial score (nSPS) is 28.8. The van der Waals surface area contributed by atoms with Crippen molar-refractivity contribution in [1.29, 1.82) is 0 Å². The largest absolute Gasteiger partial charge is 0.330 e. The number of rotatable bonds is 3. The van der Waals surface area contributed by atoms with E-state index in [-0.39, 0.29) is 0 Å². The number of hydrogen-bond donors (Lipinski definition) is 1. The third kappa shape index (κ3) is 2.00. The molecule has 0 radical (unpaired) electrons. The maximum Gasteiger partial charge on any atom is 0.0236 e. The molecule has 1 aromatic carbocycles. The first kappa shape index (κ1) is 10.3. The van der Waals surface area contributed by atoms with E-state index in [1.165, 1.54) is 31.5 Å². The van der Waals surface area contributed by atoms with Gasteiger partial charge in [-0.3, -0.25) is 4.90 Å². The molecular weight excluding hydrogens is 196 g/mol. The van der Waals surface area contributed by atoms with Crippen molar-refractivity contribution in [2.75, 3.05) is 19.6 Å². The minimum atomic E-state index is 0.817. The number of benzene rings is 1. The molecule has 2 atom stereocenters. The van der Waals surface area contributed by atoms with Crippen molar-refractivity contribution in [2.24, 2.45) is 17.6 Å². The molecule has 0 saturated heterocycles. The van der Waals surface area contributed by atoms with E-state index in [2.05, 4.69) is 29.2 Å². The number of hydrogen-bond acceptors (Lipinski definition) is 2. The van der Waals surface area contributed by atoms with Crippen molar-refractivity contribution in [3.05, 3.63) is 35.4 Å². The topological polar surface area (TPSA) is 29.3 Å². The number of nitrogens with two attached hydrogens (primary N) is 1. The van der Waals surface area contributed by atoms with Gasteiger partial charge in [0, 0.05) is 19.6 Å². The minimum absolute atomic E-state index is 0.817. The third-order valence-electron chi connectivity index (χ3n) is 4.07. The van der Waals surface area contributed by atoms with Gasteiger partial charge in [-0.15, -0.1) is 0 Å². The second kappa shape index (κ2) is 4.19. The molecule has 0 aromatic heterocycles. The summed E-state index contributed by atoms with van der Waals surface area (Å²) in [5, 5.41) is 0. The average Bonchev–Trinajstić information content (AvgIpc) is 3.07. The first-order chi connectivity index (χ1) is 7.86. The van der Waals surface area contributed by atoms with Crippen molar-refractivity contribution in [3.63, 3.8) is 0 Å². The summed E-state index contributed by atoms with van der Waals surface area (Å²) in [6.07, 6.45) is 2.57. The van der Waals surface area contributed by atoms with Gasteiger partial charge in [0.05, 0.1) is 0 Å². The molecule has 2 nitrogen and oxygen atoms in total. The fraction of sp³-hybridized carbons (Fsp3) is 0.571. The van der Waals surface area contributed by atoms with Crippen molar-refractivity contribution >= 4 is 0 Å². The zero-order valence-corrected chi connectivity index (χ0v) is 9.73. The molecule has 1 heterocycles. The molecule has 2 N–H and O–H groups in total. The molecular formula is C14H20N2. The Morgan fingerprint density at radius 1 is 1.19 bits per heavy atom. The lowest BCUT2D eigenvalue weighted by Crippen LogP contribution is -2.32. The van der Waals surface area contributed by atoms with E-state index in [1.54, 1.807) is 5.56 Å². The van der Waals surface area contributed by atoms with Crippen LogP contribution in [0.1, 0.15) is 17.5 Å². The fourth-order valence-corrected chi connectivity index (χ4v) is 2.86. The van der Waals surface area contributed by atoms with Crippen LogP contribution in [0.25, 0.3) is 0 Å². The molecule has 3 rings (SSSR count). The zero-order valence-electron chi connectivity index (χ0n) is 9.73. The molecule has 1 aromatic rings. The summed E-state index contributed by atoms with van der Waals surface area (Å²) in [4.78, 5) is 2.60. The molecule has 1 saturated carbocycles. The summed E-state index contributed by atoms with van der Waals surface area (Å²) in [7, 11) is 0. The molecule has 0 amide bonds. The summed E-state index contributed by atoms with van der Waals surface area (Å²) in [5.74, 6) is 1.70. The smallest absolute Gasteiger partial charge is 0.0236 e. The van der Waals surface area contributed by atoms with Crippen LogP contribution in [-0.4, -0.2) is 24.5 Å². The Morgan fingerprint density at radius 2 is 2.00 bits per heavy atom. The van der Waals surface area contributed by atoms with E-state index in [9.17, 15) is 0 Å². The first-order valence-corrected chi connectivity index (χ1v) is 6.36. The van der Waals surface area contributed by atoms with Crippen LogP contribution in [0.4, 0.5) is 0 Å². The number of nitrogens with zero attached hydrogens (tertiary/aromatic N) is 1. The van der Waals surface area contributed by atoms with Gasteiger partial charge in [0.2, 0.25) is 0 Å². The third-order valence-corrected chi connectivity index (χ3v) is 4.07. The van der Waals surface area contributed by atoms with Crippen LogP contribution < -0.4 is 5.73 Å². The molecule has 1 aliphatic carbocycles. The Labute approximate surface area is 97.4 Å². The van der Waals surface area contributed by atoms with Crippen LogP contribution >= 0.6 is 0 Å². The lowest BCUT2D eigenvalue weighted by molar-refractivity contribution is 0.239. The average molecular weight is 216 g/mol. The highest BCUT2D eigenvalue weighted by Gasteiger charge is 2.37. The molecule has 0 spiro atoms. The molecule has 1 aliphatic heterocycles. The Morgan fingerprint density at radius 3 is 2.75 bits per heavy atom. The molecule has 2 aliphatic rings. The van der Waals surface area contributed by atoms with E-state index in [1.807, 2.05) is 0 Å². The second-order valence-electron chi connectivity index (χ2n) is 5.25. The second-order valence-corrected chi connectivity index (χ2v) is 5.25. The monoisotopic (exact) mass is 216 g/mol. The SMILES string of the molecule is NC[C@@H]1C[C@H]1CN1CCc2ccccc2C1. The van der Waals surface area contributed by atoms with Gasteiger partial charge >= 0.3 is 0 Å². The Hall–Kier alpha value is -0.860. The van der Waals surface area contributed by atoms with Crippen LogP contribution in [0.2, 0.25) is 0 Å². The van der Waals surface area contributed by atoms with Crippen LogP contribution in [0, 0.1) is 11.8 Å². The predicted molar refractivity (Wildman–Crippen MR) is 66.1 cm³/mol. The summed E-state index contributed by atoms with van der Waals surface area (Å²) in [5.41, 5.74) is 8.76. The quantitative estimate of drug-likeness (QED) is 0.832. The molecule has 0 bridgehead atoms. The summed E-state index contributed by atoms with van der Waals surface area (Å²) < 4.78 is 0. The van der Waals surface area contributed by atoms with Crippen molar-refractivity contribution in [2.45, 2.75) is 19.4 Å². The highest BCUT2D eigenvalue weighted by Crippen LogP contribution is 2.38. The summed E-state index contributed by atoms with van der Waals surface area (Å²) >= 11 is 0. The van der Waals surface area contributed by atoms with Crippen LogP contribution in [0.5, 0.6) is 0 Å². The van der Waals surface area contributed by atoms with E-state index >= 15 is 0 Å². The minimum Gasteiger partial charge on any atom is -0.330 e. The van der Waals surface area contributed by atoms with Gasteiger partial charge in [-0.1, -0.05) is 24.3 Å². The number of fused-ring (bicyclic) bond motifs is 1. The molecule has 1 fully saturated rings. The van der Waals surface area contributed by atoms with Gasteiger partial charge in [-0.05, 0) is 42.3 Å². The Balaban J connectivity index is 1.61. The van der Waals surface area contributed by atoms with Gasteiger partial charge in [0.25, 0.3) is 0 Å². The van der Waals surface area contributed by atoms with Crippen molar-refractivity contribution in [3.8, 4) is 0 Å². The highest BCUT2D eigenvalue weighted by molar-refractivity contribution is 5.29.